The van der Waals surface area contributed by atoms with Gasteiger partial charge in [-0.25, -0.2) is 0 Å². The molecule has 0 bridgehead atoms. The summed E-state index contributed by atoms with van der Waals surface area (Å²) in [5.41, 5.74) is -0.341. The Labute approximate surface area is 264 Å². The van der Waals surface area contributed by atoms with Gasteiger partial charge in [0.25, 0.3) is 0 Å². The smallest absolute Gasteiger partial charge is 0.309 e. The average molecular weight is 609 g/mol. The number of ether oxygens (including phenoxy) is 1. The second-order valence-electron chi connectivity index (χ2n) is 14.5. The van der Waals surface area contributed by atoms with Gasteiger partial charge in [-0.05, 0) is 59.3 Å². The first-order valence-corrected chi connectivity index (χ1v) is 18.3. The van der Waals surface area contributed by atoms with E-state index in [4.69, 9.17) is 14.9 Å². The number of rotatable bonds is 3. The summed E-state index contributed by atoms with van der Waals surface area (Å²) in [5, 5.41) is 17.8. The van der Waals surface area contributed by atoms with Crippen molar-refractivity contribution in [1.82, 2.24) is 0 Å². The minimum atomic E-state index is -0.583. The molecule has 0 radical (unpaired) electrons. The third-order valence-electron chi connectivity index (χ3n) is 9.25. The van der Waals surface area contributed by atoms with Crippen molar-refractivity contribution in [3.8, 4) is 0 Å². The van der Waals surface area contributed by atoms with Crippen molar-refractivity contribution in [2.24, 2.45) is 17.8 Å². The second kappa shape index (κ2) is 24.7. The van der Waals surface area contributed by atoms with Crippen LogP contribution in [0.25, 0.3) is 0 Å². The van der Waals surface area contributed by atoms with Crippen LogP contribution in [0.4, 0.5) is 0 Å². The highest BCUT2D eigenvalue weighted by molar-refractivity contribution is 5.72. The quantitative estimate of drug-likeness (QED) is 0.309. The molecule has 0 atom stereocenters. The second-order valence-corrected chi connectivity index (χ2v) is 14.5. The normalized spacial score (nSPS) is 21.8. The van der Waals surface area contributed by atoms with Crippen LogP contribution in [-0.4, -0.2) is 33.7 Å². The molecule has 0 aromatic heterocycles. The van der Waals surface area contributed by atoms with E-state index in [0.717, 1.165) is 64.2 Å². The number of hydrogen-bond donors (Lipinski definition) is 2. The summed E-state index contributed by atoms with van der Waals surface area (Å²) in [5.74, 6) is -1.11. The molecule has 43 heavy (non-hydrogen) atoms. The van der Waals surface area contributed by atoms with E-state index in [0.29, 0.717) is 0 Å². The monoisotopic (exact) mass is 609 g/mol. The van der Waals surface area contributed by atoms with Gasteiger partial charge in [0.15, 0.2) is 0 Å². The standard InChI is InChI=1S/C15H28O2.2C11H20O2/c1-15(2,3)17-14(16)13-11-9-7-5-4-6-8-10-12-13;2*12-11(13)10-8-6-4-2-1-3-5-7-9-10/h13H,4-12H2,1-3H3;2*10H,1-9H2,(H,12,13). The highest BCUT2D eigenvalue weighted by Crippen LogP contribution is 2.25. The molecule has 3 rings (SSSR count). The molecular weight excluding hydrogens is 540 g/mol. The summed E-state index contributed by atoms with van der Waals surface area (Å²) >= 11 is 0. The van der Waals surface area contributed by atoms with E-state index in [1.807, 2.05) is 20.8 Å². The Morgan fingerprint density at radius 3 is 0.837 bits per heavy atom. The molecule has 0 aromatic rings. The molecule has 6 heteroatoms. The van der Waals surface area contributed by atoms with Crippen molar-refractivity contribution in [3.63, 3.8) is 0 Å². The van der Waals surface area contributed by atoms with E-state index >= 15 is 0 Å². The Hall–Kier alpha value is -1.59. The van der Waals surface area contributed by atoms with Gasteiger partial charge in [0.2, 0.25) is 0 Å². The Balaban J connectivity index is 0.000000327. The van der Waals surface area contributed by atoms with Crippen molar-refractivity contribution < 1.29 is 29.3 Å². The first kappa shape index (κ1) is 39.4. The van der Waals surface area contributed by atoms with Crippen LogP contribution in [0.15, 0.2) is 0 Å². The molecule has 0 spiro atoms. The molecule has 3 aliphatic carbocycles. The van der Waals surface area contributed by atoms with Gasteiger partial charge in [-0.1, -0.05) is 135 Å². The lowest BCUT2D eigenvalue weighted by atomic mass is 9.92. The average Bonchev–Trinajstić information content (AvgIpc) is 2.96. The number of carboxylic acids is 2. The van der Waals surface area contributed by atoms with Gasteiger partial charge in [-0.2, -0.15) is 0 Å². The predicted octanol–water partition coefficient (Wildman–Crippen LogP) is 10.9. The fourth-order valence-electron chi connectivity index (χ4n) is 6.54. The zero-order valence-corrected chi connectivity index (χ0v) is 28.4. The minimum absolute atomic E-state index is 0.0260. The van der Waals surface area contributed by atoms with E-state index in [-0.39, 0.29) is 29.3 Å². The third kappa shape index (κ3) is 22.6. The maximum absolute atomic E-state index is 12.1. The number of hydrogen-bond acceptors (Lipinski definition) is 4. The zero-order valence-electron chi connectivity index (χ0n) is 28.4. The largest absolute Gasteiger partial charge is 0.481 e. The molecule has 3 aliphatic rings. The van der Waals surface area contributed by atoms with Crippen molar-refractivity contribution in [2.75, 3.05) is 0 Å². The van der Waals surface area contributed by atoms with Crippen LogP contribution < -0.4 is 0 Å². The summed E-state index contributed by atoms with van der Waals surface area (Å²) in [6.07, 6.45) is 31.8. The molecule has 0 aliphatic heterocycles. The maximum atomic E-state index is 12.1. The molecule has 0 saturated heterocycles. The molecule has 252 valence electrons. The van der Waals surface area contributed by atoms with Crippen LogP contribution in [-0.2, 0) is 19.1 Å². The van der Waals surface area contributed by atoms with Crippen LogP contribution in [0.5, 0.6) is 0 Å². The molecule has 6 nitrogen and oxygen atoms in total. The zero-order chi connectivity index (χ0) is 31.8. The van der Waals surface area contributed by atoms with Gasteiger partial charge >= 0.3 is 17.9 Å². The first-order valence-electron chi connectivity index (χ1n) is 18.3. The Bertz CT molecular complexity index is 661. The molecular formula is C37H68O6. The van der Waals surface area contributed by atoms with Gasteiger partial charge in [0, 0.05) is 0 Å². The van der Waals surface area contributed by atoms with E-state index in [9.17, 15) is 14.4 Å². The van der Waals surface area contributed by atoms with Gasteiger partial charge in [0.05, 0.1) is 17.8 Å². The van der Waals surface area contributed by atoms with Crippen molar-refractivity contribution in [1.29, 1.82) is 0 Å². The Morgan fingerprint density at radius 1 is 0.419 bits per heavy atom. The molecule has 0 aromatic carbocycles. The van der Waals surface area contributed by atoms with Crippen LogP contribution in [0, 0.1) is 17.8 Å². The van der Waals surface area contributed by atoms with Crippen LogP contribution in [0.3, 0.4) is 0 Å². The SMILES string of the molecule is CC(C)(C)OC(=O)C1CCCCCCCCC1.O=C(O)C1CCCCCCCCC1.O=C(O)C1CCCCCCCCC1. The van der Waals surface area contributed by atoms with Gasteiger partial charge in [-0.15, -0.1) is 0 Å². The highest BCUT2D eigenvalue weighted by atomic mass is 16.6. The summed E-state index contributed by atoms with van der Waals surface area (Å²) in [4.78, 5) is 33.7. The maximum Gasteiger partial charge on any atom is 0.309 e. The molecule has 2 N–H and O–H groups in total. The third-order valence-corrected chi connectivity index (χ3v) is 9.25. The van der Waals surface area contributed by atoms with Crippen molar-refractivity contribution in [3.05, 3.63) is 0 Å². The Kier molecular flexibility index (Phi) is 22.7. The fraction of sp³-hybridized carbons (Fsp3) is 0.919. The van der Waals surface area contributed by atoms with E-state index < -0.39 is 11.9 Å². The summed E-state index contributed by atoms with van der Waals surface area (Å²) in [7, 11) is 0. The topological polar surface area (TPSA) is 101 Å². The Morgan fingerprint density at radius 2 is 0.628 bits per heavy atom. The van der Waals surface area contributed by atoms with Crippen LogP contribution in [0.1, 0.15) is 194 Å². The highest BCUT2D eigenvalue weighted by Gasteiger charge is 2.24. The van der Waals surface area contributed by atoms with Crippen molar-refractivity contribution >= 4 is 17.9 Å². The fourth-order valence-corrected chi connectivity index (χ4v) is 6.54. The molecule has 0 amide bonds. The van der Waals surface area contributed by atoms with Crippen LogP contribution >= 0.6 is 0 Å². The number of carboxylic acid groups (broad SMARTS) is 2. The molecule has 0 heterocycles. The summed E-state index contributed by atoms with van der Waals surface area (Å²) in [6, 6.07) is 0. The minimum Gasteiger partial charge on any atom is -0.481 e. The van der Waals surface area contributed by atoms with Crippen LogP contribution in [0.2, 0.25) is 0 Å². The van der Waals surface area contributed by atoms with Gasteiger partial charge < -0.3 is 14.9 Å². The number of carbonyl (C=O) groups is 3. The molecule has 3 fully saturated rings. The van der Waals surface area contributed by atoms with E-state index in [1.54, 1.807) is 0 Å². The van der Waals surface area contributed by atoms with E-state index in [1.165, 1.54) is 109 Å². The lowest BCUT2D eigenvalue weighted by Crippen LogP contribution is -2.29. The number of carbonyl (C=O) groups excluding carboxylic acids is 1. The van der Waals surface area contributed by atoms with E-state index in [2.05, 4.69) is 0 Å². The lowest BCUT2D eigenvalue weighted by molar-refractivity contribution is -0.160. The van der Waals surface area contributed by atoms with Gasteiger partial charge in [-0.3, -0.25) is 14.4 Å². The number of aliphatic carboxylic acids is 2. The summed E-state index contributed by atoms with van der Waals surface area (Å²) in [6.45, 7) is 5.85. The lowest BCUT2D eigenvalue weighted by Gasteiger charge is -2.24. The summed E-state index contributed by atoms with van der Waals surface area (Å²) < 4.78 is 5.51. The molecule has 0 unspecified atom stereocenters. The van der Waals surface area contributed by atoms with Gasteiger partial charge in [0.1, 0.15) is 5.60 Å². The van der Waals surface area contributed by atoms with Crippen molar-refractivity contribution in [2.45, 2.75) is 200 Å². The number of esters is 1. The first-order chi connectivity index (χ1) is 20.6. The molecule has 3 saturated carbocycles. The predicted molar refractivity (Wildman–Crippen MR) is 176 cm³/mol.